The molecular formula is C5H13ClSi. The monoisotopic (exact) mass is 136 g/mol. The normalized spacial score (nSPS) is 11.1. The molecule has 0 atom stereocenters. The molecule has 0 aliphatic carbocycles. The van der Waals surface area contributed by atoms with Gasteiger partial charge >= 0.3 is 0 Å². The minimum Gasteiger partial charge on any atom is -0.127 e. The zero-order valence-electron chi connectivity index (χ0n) is 4.91. The second-order valence-corrected chi connectivity index (χ2v) is 4.25. The Hall–Kier alpha value is 0.507. The molecule has 0 aromatic rings. The highest BCUT2D eigenvalue weighted by Crippen LogP contribution is 1.91. The quantitative estimate of drug-likeness (QED) is 0.313. The fourth-order valence-electron chi connectivity index (χ4n) is 0.521. The summed E-state index contributed by atoms with van der Waals surface area (Å²) in [5.41, 5.74) is 0. The summed E-state index contributed by atoms with van der Waals surface area (Å²) in [6.45, 7) is 2.24. The van der Waals surface area contributed by atoms with Crippen molar-refractivity contribution in [3.63, 3.8) is 0 Å². The van der Waals surface area contributed by atoms with E-state index in [9.17, 15) is 0 Å². The topological polar surface area (TPSA) is 0 Å². The van der Waals surface area contributed by atoms with Crippen molar-refractivity contribution >= 4 is 21.1 Å². The molecule has 0 spiro atoms. The van der Waals surface area contributed by atoms with Crippen molar-refractivity contribution in [3.05, 3.63) is 0 Å². The number of rotatable bonds is 4. The van der Waals surface area contributed by atoms with Crippen LogP contribution in [0.4, 0.5) is 0 Å². The summed E-state index contributed by atoms with van der Waals surface area (Å²) in [6, 6.07) is 2.81. The van der Waals surface area contributed by atoms with Crippen LogP contribution < -0.4 is 0 Å². The van der Waals surface area contributed by atoms with E-state index >= 15 is 0 Å². The van der Waals surface area contributed by atoms with Crippen molar-refractivity contribution in [2.75, 3.05) is 5.88 Å². The van der Waals surface area contributed by atoms with E-state index in [4.69, 9.17) is 11.6 Å². The fraction of sp³-hybridized carbons (Fsp3) is 1.00. The van der Waals surface area contributed by atoms with Gasteiger partial charge in [0.1, 0.15) is 0 Å². The van der Waals surface area contributed by atoms with E-state index in [1.165, 1.54) is 18.5 Å². The Kier molecular flexibility index (Phi) is 6.98. The Bertz CT molecular complexity index is 27.3. The van der Waals surface area contributed by atoms with Crippen LogP contribution in [-0.4, -0.2) is 15.4 Å². The van der Waals surface area contributed by atoms with Crippen molar-refractivity contribution in [1.29, 1.82) is 0 Å². The third kappa shape index (κ3) is 6.51. The summed E-state index contributed by atoms with van der Waals surface area (Å²) in [6.07, 6.45) is 1.36. The summed E-state index contributed by atoms with van der Waals surface area (Å²) in [5.74, 6) is 0.895. The Balaban J connectivity index is 2.45. The van der Waals surface area contributed by atoms with E-state index in [-0.39, 0.29) is 9.52 Å². The first-order valence-electron chi connectivity index (χ1n) is 2.97. The van der Waals surface area contributed by atoms with Crippen LogP contribution in [0.2, 0.25) is 12.1 Å². The molecule has 0 saturated carbocycles. The lowest BCUT2D eigenvalue weighted by Crippen LogP contribution is -1.86. The molecule has 0 bridgehead atoms. The van der Waals surface area contributed by atoms with E-state index in [2.05, 4.69) is 6.92 Å². The molecule has 0 aliphatic rings. The summed E-state index contributed by atoms with van der Waals surface area (Å²) < 4.78 is 0. The van der Waals surface area contributed by atoms with Gasteiger partial charge in [0.15, 0.2) is 0 Å². The highest BCUT2D eigenvalue weighted by atomic mass is 35.5. The lowest BCUT2D eigenvalue weighted by atomic mass is 10.6. The average molecular weight is 137 g/mol. The van der Waals surface area contributed by atoms with E-state index in [1.54, 1.807) is 0 Å². The maximum Gasteiger partial charge on any atom is 0.0211 e. The van der Waals surface area contributed by atoms with Crippen LogP contribution >= 0.6 is 11.6 Å². The minimum atomic E-state index is 0.279. The molecule has 0 radical (unpaired) electrons. The summed E-state index contributed by atoms with van der Waals surface area (Å²) in [7, 11) is 0.279. The van der Waals surface area contributed by atoms with Gasteiger partial charge in [-0.1, -0.05) is 19.4 Å². The second kappa shape index (κ2) is 6.51. The Morgan fingerprint density at radius 1 is 1.43 bits per heavy atom. The van der Waals surface area contributed by atoms with Crippen LogP contribution in [-0.2, 0) is 0 Å². The maximum atomic E-state index is 5.47. The molecule has 44 valence electrons. The zero-order valence-corrected chi connectivity index (χ0v) is 7.08. The molecule has 0 unspecified atom stereocenters. The van der Waals surface area contributed by atoms with Gasteiger partial charge < -0.3 is 0 Å². The van der Waals surface area contributed by atoms with Crippen LogP contribution in [0.1, 0.15) is 13.3 Å². The van der Waals surface area contributed by atoms with Gasteiger partial charge in [-0.3, -0.25) is 0 Å². The third-order valence-corrected chi connectivity index (χ3v) is 3.76. The van der Waals surface area contributed by atoms with E-state index < -0.39 is 0 Å². The Morgan fingerprint density at radius 3 is 2.57 bits per heavy atom. The molecule has 0 fully saturated rings. The SMILES string of the molecule is CCC[SiH2]CCCl. The van der Waals surface area contributed by atoms with Gasteiger partial charge in [-0.2, -0.15) is 0 Å². The minimum absolute atomic E-state index is 0.279. The zero-order chi connectivity index (χ0) is 5.54. The van der Waals surface area contributed by atoms with Crippen LogP contribution in [0, 0.1) is 0 Å². The van der Waals surface area contributed by atoms with Crippen LogP contribution in [0.3, 0.4) is 0 Å². The molecule has 7 heavy (non-hydrogen) atoms. The van der Waals surface area contributed by atoms with Crippen molar-refractivity contribution in [2.24, 2.45) is 0 Å². The third-order valence-electron chi connectivity index (χ3n) is 0.987. The van der Waals surface area contributed by atoms with Gasteiger partial charge in [0.25, 0.3) is 0 Å². The smallest absolute Gasteiger partial charge is 0.0211 e. The molecule has 0 aliphatic heterocycles. The van der Waals surface area contributed by atoms with Gasteiger partial charge in [0.05, 0.1) is 0 Å². The highest BCUT2D eigenvalue weighted by Gasteiger charge is 1.82. The first kappa shape index (κ1) is 7.51. The van der Waals surface area contributed by atoms with E-state index in [0.29, 0.717) is 0 Å². The van der Waals surface area contributed by atoms with E-state index in [0.717, 1.165) is 5.88 Å². The highest BCUT2D eigenvalue weighted by molar-refractivity contribution is 6.37. The molecule has 0 saturated heterocycles. The number of halogens is 1. The van der Waals surface area contributed by atoms with Gasteiger partial charge in [-0.15, -0.1) is 11.6 Å². The van der Waals surface area contributed by atoms with Crippen molar-refractivity contribution < 1.29 is 0 Å². The summed E-state index contributed by atoms with van der Waals surface area (Å²) >= 11 is 5.47. The predicted molar refractivity (Wildman–Crippen MR) is 39.2 cm³/mol. The van der Waals surface area contributed by atoms with Crippen molar-refractivity contribution in [2.45, 2.75) is 25.4 Å². The first-order chi connectivity index (χ1) is 3.41. The molecule has 2 heteroatoms. The molecule has 0 amide bonds. The van der Waals surface area contributed by atoms with Gasteiger partial charge in [0, 0.05) is 15.4 Å². The Labute approximate surface area is 53.1 Å². The Morgan fingerprint density at radius 2 is 2.14 bits per heavy atom. The standard InChI is InChI=1S/C5H13ClSi/c1-2-4-7-5-3-6/h2-5,7H2,1H3. The molecule has 0 rings (SSSR count). The largest absolute Gasteiger partial charge is 0.127 e. The number of alkyl halides is 1. The van der Waals surface area contributed by atoms with Crippen LogP contribution in [0.5, 0.6) is 0 Å². The lowest BCUT2D eigenvalue weighted by Gasteiger charge is -1.88. The molecule has 0 N–H and O–H groups in total. The summed E-state index contributed by atoms with van der Waals surface area (Å²) in [4.78, 5) is 0. The first-order valence-corrected chi connectivity index (χ1v) is 5.51. The van der Waals surface area contributed by atoms with E-state index in [1.807, 2.05) is 0 Å². The van der Waals surface area contributed by atoms with Crippen molar-refractivity contribution in [1.82, 2.24) is 0 Å². The number of hydrogen-bond donors (Lipinski definition) is 0. The average Bonchev–Trinajstić information content (AvgIpc) is 1.69. The molecule has 0 nitrogen and oxygen atoms in total. The van der Waals surface area contributed by atoms with Crippen LogP contribution in [0.25, 0.3) is 0 Å². The predicted octanol–water partition coefficient (Wildman–Crippen LogP) is 1.64. The van der Waals surface area contributed by atoms with Crippen molar-refractivity contribution in [3.8, 4) is 0 Å². The fourth-order valence-corrected chi connectivity index (χ4v) is 2.13. The number of hydrogen-bond acceptors (Lipinski definition) is 0. The summed E-state index contributed by atoms with van der Waals surface area (Å²) in [5, 5.41) is 0. The molecular weight excluding hydrogens is 124 g/mol. The molecule has 0 aromatic heterocycles. The van der Waals surface area contributed by atoms with Gasteiger partial charge in [0.2, 0.25) is 0 Å². The lowest BCUT2D eigenvalue weighted by molar-refractivity contribution is 1.07. The van der Waals surface area contributed by atoms with Gasteiger partial charge in [-0.25, -0.2) is 0 Å². The molecule has 0 heterocycles. The second-order valence-electron chi connectivity index (χ2n) is 1.75. The molecule has 0 aromatic carbocycles. The van der Waals surface area contributed by atoms with Crippen LogP contribution in [0.15, 0.2) is 0 Å². The maximum absolute atomic E-state index is 5.47. The van der Waals surface area contributed by atoms with Gasteiger partial charge in [-0.05, 0) is 6.04 Å².